The van der Waals surface area contributed by atoms with Crippen LogP contribution in [0.1, 0.15) is 149 Å². The second-order valence-electron chi connectivity index (χ2n) is 9.32. The third kappa shape index (κ3) is 32.3. The van der Waals surface area contributed by atoms with Crippen molar-refractivity contribution in [1.29, 1.82) is 0 Å². The van der Waals surface area contributed by atoms with E-state index >= 15 is 0 Å². The van der Waals surface area contributed by atoms with E-state index in [0.29, 0.717) is 5.92 Å². The summed E-state index contributed by atoms with van der Waals surface area (Å²) in [6, 6.07) is 0. The standard InChI is InChI=1S/C18H39O4P.C8H19N/c1-3-5-7-9-11-13-15-18(17-22-23(19,20)21)16-14-12-10-8-6-4-2;1-2-3-4-5-6-7-8-9/h18H,3-17H2,1-2H3,(H2,19,20,21);2-9H2,1H3. The molecule has 0 spiro atoms. The Hall–Kier alpha value is 0.0700. The first-order valence-electron chi connectivity index (χ1n) is 13.8. The molecule has 0 atom stereocenters. The molecule has 6 heteroatoms. The Kier molecular flexibility index (Phi) is 29.2. The molecule has 0 amide bonds. The number of phosphoric ester groups is 1. The summed E-state index contributed by atoms with van der Waals surface area (Å²) in [5.74, 6) is 0.292. The Morgan fingerprint density at radius 1 is 0.625 bits per heavy atom. The van der Waals surface area contributed by atoms with E-state index in [4.69, 9.17) is 20.0 Å². The lowest BCUT2D eigenvalue weighted by Crippen LogP contribution is -2.09. The molecule has 0 saturated carbocycles. The molecule has 0 aromatic carbocycles. The van der Waals surface area contributed by atoms with Crippen molar-refractivity contribution in [1.82, 2.24) is 0 Å². The van der Waals surface area contributed by atoms with E-state index in [9.17, 15) is 4.57 Å². The maximum Gasteiger partial charge on any atom is 0.469 e. The van der Waals surface area contributed by atoms with Crippen LogP contribution in [0.4, 0.5) is 0 Å². The average Bonchev–Trinajstić information content (AvgIpc) is 2.76. The smallest absolute Gasteiger partial charge is 0.330 e. The van der Waals surface area contributed by atoms with Gasteiger partial charge in [0, 0.05) is 0 Å². The highest BCUT2D eigenvalue weighted by Gasteiger charge is 2.18. The van der Waals surface area contributed by atoms with Gasteiger partial charge >= 0.3 is 7.82 Å². The third-order valence-corrected chi connectivity index (χ3v) is 6.45. The van der Waals surface area contributed by atoms with Crippen LogP contribution in [0.15, 0.2) is 0 Å². The zero-order valence-electron chi connectivity index (χ0n) is 21.9. The zero-order chi connectivity index (χ0) is 24.3. The predicted molar refractivity (Wildman–Crippen MR) is 140 cm³/mol. The summed E-state index contributed by atoms with van der Waals surface area (Å²) in [5.41, 5.74) is 5.34. The Morgan fingerprint density at radius 3 is 1.31 bits per heavy atom. The molecule has 0 aliphatic carbocycles. The van der Waals surface area contributed by atoms with Gasteiger partial charge in [0.15, 0.2) is 0 Å². The SMILES string of the molecule is CCCCCCCCC(CCCCCCCC)COP(=O)(O)O.CCCCCCCCN. The number of hydrogen-bond acceptors (Lipinski definition) is 3. The van der Waals surface area contributed by atoms with E-state index in [1.54, 1.807) is 0 Å². The Balaban J connectivity index is 0. The fourth-order valence-corrected chi connectivity index (χ4v) is 4.27. The van der Waals surface area contributed by atoms with Crippen molar-refractivity contribution in [3.8, 4) is 0 Å². The largest absolute Gasteiger partial charge is 0.469 e. The molecule has 0 rings (SSSR count). The summed E-state index contributed by atoms with van der Waals surface area (Å²) < 4.78 is 15.7. The van der Waals surface area contributed by atoms with Crippen LogP contribution < -0.4 is 5.73 Å². The van der Waals surface area contributed by atoms with E-state index in [-0.39, 0.29) is 6.61 Å². The second kappa shape index (κ2) is 27.3. The van der Waals surface area contributed by atoms with Crippen molar-refractivity contribution in [2.24, 2.45) is 11.7 Å². The maximum absolute atomic E-state index is 10.9. The van der Waals surface area contributed by atoms with Gasteiger partial charge in [0.1, 0.15) is 0 Å². The van der Waals surface area contributed by atoms with Gasteiger partial charge in [-0.2, -0.15) is 0 Å². The molecule has 0 aliphatic heterocycles. The molecule has 0 heterocycles. The highest BCUT2D eigenvalue weighted by Crippen LogP contribution is 2.37. The normalized spacial score (nSPS) is 11.6. The molecule has 0 saturated heterocycles. The molecule has 0 aliphatic rings. The van der Waals surface area contributed by atoms with Gasteiger partial charge in [-0.05, 0) is 31.7 Å². The quantitative estimate of drug-likeness (QED) is 0.101. The molecule has 4 N–H and O–H groups in total. The minimum atomic E-state index is -4.33. The van der Waals surface area contributed by atoms with Crippen molar-refractivity contribution >= 4 is 7.82 Å². The fraction of sp³-hybridized carbons (Fsp3) is 1.00. The molecule has 0 radical (unpaired) electrons. The van der Waals surface area contributed by atoms with E-state index in [2.05, 4.69) is 20.8 Å². The number of rotatable bonds is 23. The summed E-state index contributed by atoms with van der Waals surface area (Å²) >= 11 is 0. The van der Waals surface area contributed by atoms with Crippen molar-refractivity contribution in [3.63, 3.8) is 0 Å². The van der Waals surface area contributed by atoms with Crippen LogP contribution in [0.5, 0.6) is 0 Å². The summed E-state index contributed by atoms with van der Waals surface area (Å²) in [5, 5.41) is 0. The monoisotopic (exact) mass is 479 g/mol. The van der Waals surface area contributed by atoms with Crippen molar-refractivity contribution in [2.75, 3.05) is 13.2 Å². The van der Waals surface area contributed by atoms with Crippen LogP contribution in [0.2, 0.25) is 0 Å². The zero-order valence-corrected chi connectivity index (χ0v) is 22.8. The summed E-state index contributed by atoms with van der Waals surface area (Å²) in [6.07, 6.45) is 25.1. The van der Waals surface area contributed by atoms with Gasteiger partial charge in [0.2, 0.25) is 0 Å². The van der Waals surface area contributed by atoms with E-state index in [1.165, 1.54) is 103 Å². The molecule has 32 heavy (non-hydrogen) atoms. The highest BCUT2D eigenvalue weighted by molar-refractivity contribution is 7.46. The van der Waals surface area contributed by atoms with Gasteiger partial charge in [-0.1, -0.05) is 130 Å². The minimum Gasteiger partial charge on any atom is -0.330 e. The number of unbranched alkanes of at least 4 members (excludes halogenated alkanes) is 15. The number of nitrogens with two attached hydrogens (primary N) is 1. The Bertz CT molecular complexity index is 368. The van der Waals surface area contributed by atoms with Crippen LogP contribution in [0.25, 0.3) is 0 Å². The molecule has 0 aromatic rings. The Morgan fingerprint density at radius 2 is 0.969 bits per heavy atom. The van der Waals surface area contributed by atoms with Gasteiger partial charge < -0.3 is 15.5 Å². The van der Waals surface area contributed by atoms with E-state index in [0.717, 1.165) is 32.2 Å². The lowest BCUT2D eigenvalue weighted by atomic mass is 9.95. The first kappa shape index (κ1) is 34.2. The van der Waals surface area contributed by atoms with Crippen LogP contribution in [0.3, 0.4) is 0 Å². The summed E-state index contributed by atoms with van der Waals surface area (Å²) in [7, 11) is -4.33. The first-order valence-corrected chi connectivity index (χ1v) is 15.3. The van der Waals surface area contributed by atoms with Gasteiger partial charge in [0.25, 0.3) is 0 Å². The first-order chi connectivity index (χ1) is 15.4. The third-order valence-electron chi connectivity index (χ3n) is 5.97. The van der Waals surface area contributed by atoms with Gasteiger partial charge in [-0.3, -0.25) is 4.52 Å². The summed E-state index contributed by atoms with van der Waals surface area (Å²) in [6.45, 7) is 7.75. The van der Waals surface area contributed by atoms with Crippen LogP contribution in [-0.2, 0) is 9.09 Å². The van der Waals surface area contributed by atoms with Crippen molar-refractivity contribution < 1.29 is 18.9 Å². The lowest BCUT2D eigenvalue weighted by Gasteiger charge is -2.17. The topological polar surface area (TPSA) is 92.8 Å². The van der Waals surface area contributed by atoms with Crippen LogP contribution in [0, 0.1) is 5.92 Å². The molecular formula is C26H58NO4P. The van der Waals surface area contributed by atoms with Crippen LogP contribution >= 0.6 is 7.82 Å². The van der Waals surface area contributed by atoms with E-state index in [1.807, 2.05) is 0 Å². The van der Waals surface area contributed by atoms with Gasteiger partial charge in [0.05, 0.1) is 6.61 Å². The average molecular weight is 480 g/mol. The highest BCUT2D eigenvalue weighted by atomic mass is 31.2. The fourth-order valence-electron chi connectivity index (χ4n) is 3.86. The van der Waals surface area contributed by atoms with Crippen molar-refractivity contribution in [3.05, 3.63) is 0 Å². The van der Waals surface area contributed by atoms with Gasteiger partial charge in [-0.15, -0.1) is 0 Å². The van der Waals surface area contributed by atoms with E-state index < -0.39 is 7.82 Å². The predicted octanol–water partition coefficient (Wildman–Crippen LogP) is 8.52. The molecule has 5 nitrogen and oxygen atoms in total. The number of hydrogen-bond donors (Lipinski definition) is 3. The molecule has 0 bridgehead atoms. The van der Waals surface area contributed by atoms with Crippen molar-refractivity contribution in [2.45, 2.75) is 149 Å². The van der Waals surface area contributed by atoms with Crippen LogP contribution in [-0.4, -0.2) is 22.9 Å². The Labute approximate surface area is 200 Å². The molecule has 196 valence electrons. The maximum atomic E-state index is 10.9. The molecular weight excluding hydrogens is 421 g/mol. The minimum absolute atomic E-state index is 0.203. The molecule has 0 unspecified atom stereocenters. The summed E-state index contributed by atoms with van der Waals surface area (Å²) in [4.78, 5) is 17.8. The molecule has 0 aromatic heterocycles. The molecule has 0 fully saturated rings. The number of phosphoric acid groups is 1. The second-order valence-corrected chi connectivity index (χ2v) is 10.6. The lowest BCUT2D eigenvalue weighted by molar-refractivity contribution is 0.157. The van der Waals surface area contributed by atoms with Gasteiger partial charge in [-0.25, -0.2) is 4.57 Å².